The molecule has 0 fully saturated rings. The summed E-state index contributed by atoms with van der Waals surface area (Å²) in [7, 11) is 1.95. The van der Waals surface area contributed by atoms with Crippen LogP contribution in [0.1, 0.15) is 16.8 Å². The first-order valence-electron chi connectivity index (χ1n) is 5.63. The highest BCUT2D eigenvalue weighted by Gasteiger charge is 2.04. The fourth-order valence-electron chi connectivity index (χ4n) is 1.71. The second-order valence-corrected chi connectivity index (χ2v) is 5.15. The zero-order chi connectivity index (χ0) is 13.1. The van der Waals surface area contributed by atoms with Crippen LogP contribution in [-0.2, 0) is 12.8 Å². The molecule has 0 aliphatic heterocycles. The zero-order valence-corrected chi connectivity index (χ0v) is 11.3. The van der Waals surface area contributed by atoms with Crippen LogP contribution in [-0.4, -0.2) is 15.6 Å². The second kappa shape index (κ2) is 5.27. The van der Waals surface area contributed by atoms with Crippen molar-refractivity contribution in [3.8, 4) is 0 Å². The lowest BCUT2D eigenvalue weighted by molar-refractivity contribution is 0.692. The number of nitrogen functional groups attached to an aromatic ring is 1. The van der Waals surface area contributed by atoms with Gasteiger partial charge in [0.1, 0.15) is 5.84 Å². The first-order valence-corrected chi connectivity index (χ1v) is 6.61. The van der Waals surface area contributed by atoms with Gasteiger partial charge in [-0.25, -0.2) is 0 Å². The number of nitrogens with one attached hydrogen (secondary N) is 1. The average molecular weight is 260 g/mol. The predicted molar refractivity (Wildman–Crippen MR) is 75.0 cm³/mol. The Bertz CT molecular complexity index is 574. The van der Waals surface area contributed by atoms with Crippen LogP contribution < -0.4 is 5.73 Å². The largest absolute Gasteiger partial charge is 0.384 e. The molecular weight excluding hydrogens is 244 g/mol. The third kappa shape index (κ3) is 2.92. The van der Waals surface area contributed by atoms with Gasteiger partial charge in [0, 0.05) is 18.4 Å². The van der Waals surface area contributed by atoms with Crippen molar-refractivity contribution >= 4 is 17.6 Å². The van der Waals surface area contributed by atoms with Crippen molar-refractivity contribution in [3.05, 3.63) is 47.2 Å². The second-order valence-electron chi connectivity index (χ2n) is 4.15. The number of rotatable bonds is 4. The molecule has 94 valence electrons. The van der Waals surface area contributed by atoms with Gasteiger partial charge in [0.2, 0.25) is 0 Å². The fraction of sp³-hybridized carbons (Fsp3) is 0.231. The van der Waals surface area contributed by atoms with Crippen LogP contribution in [0.3, 0.4) is 0 Å². The standard InChI is InChI=1S/C13H16N4S/c1-9-6-12(17(2)16-9)18-8-10-4-3-5-11(7-10)13(14)15/h3-7H,8H2,1-2H3,(H3,14,15). The van der Waals surface area contributed by atoms with E-state index in [2.05, 4.69) is 11.2 Å². The van der Waals surface area contributed by atoms with Crippen LogP contribution in [0.5, 0.6) is 0 Å². The first kappa shape index (κ1) is 12.7. The van der Waals surface area contributed by atoms with E-state index in [-0.39, 0.29) is 5.84 Å². The van der Waals surface area contributed by atoms with Gasteiger partial charge in [-0.15, -0.1) is 11.8 Å². The molecule has 0 unspecified atom stereocenters. The molecule has 1 heterocycles. The van der Waals surface area contributed by atoms with Gasteiger partial charge in [-0.05, 0) is 24.6 Å². The highest BCUT2D eigenvalue weighted by atomic mass is 32.2. The summed E-state index contributed by atoms with van der Waals surface area (Å²) in [6, 6.07) is 9.85. The van der Waals surface area contributed by atoms with Gasteiger partial charge in [0.05, 0.1) is 10.7 Å². The fourth-order valence-corrected chi connectivity index (χ4v) is 2.68. The number of amidine groups is 1. The predicted octanol–water partition coefficient (Wildman–Crippen LogP) is 2.30. The Hall–Kier alpha value is -1.75. The smallest absolute Gasteiger partial charge is 0.122 e. The van der Waals surface area contributed by atoms with E-state index in [0.717, 1.165) is 27.6 Å². The number of hydrogen-bond acceptors (Lipinski definition) is 3. The molecule has 0 radical (unpaired) electrons. The molecule has 0 aliphatic rings. The molecule has 3 N–H and O–H groups in total. The van der Waals surface area contributed by atoms with Gasteiger partial charge in [-0.3, -0.25) is 10.1 Å². The lowest BCUT2D eigenvalue weighted by Crippen LogP contribution is -2.10. The minimum absolute atomic E-state index is 0.109. The van der Waals surface area contributed by atoms with E-state index in [1.54, 1.807) is 11.8 Å². The Morgan fingerprint density at radius 1 is 1.44 bits per heavy atom. The molecule has 18 heavy (non-hydrogen) atoms. The van der Waals surface area contributed by atoms with Crippen molar-refractivity contribution in [3.63, 3.8) is 0 Å². The molecule has 0 amide bonds. The number of nitrogens with two attached hydrogens (primary N) is 1. The van der Waals surface area contributed by atoms with Crippen molar-refractivity contribution in [2.24, 2.45) is 12.8 Å². The molecule has 2 aromatic rings. The van der Waals surface area contributed by atoms with E-state index in [9.17, 15) is 0 Å². The van der Waals surface area contributed by atoms with E-state index >= 15 is 0 Å². The van der Waals surface area contributed by atoms with Crippen molar-refractivity contribution < 1.29 is 0 Å². The van der Waals surface area contributed by atoms with Crippen LogP contribution in [0.15, 0.2) is 35.4 Å². The molecule has 4 nitrogen and oxygen atoms in total. The summed E-state index contributed by atoms with van der Waals surface area (Å²) in [5.41, 5.74) is 8.44. The van der Waals surface area contributed by atoms with Crippen LogP contribution >= 0.6 is 11.8 Å². The maximum atomic E-state index is 7.42. The van der Waals surface area contributed by atoms with Crippen LogP contribution in [0.2, 0.25) is 0 Å². The molecule has 1 aromatic carbocycles. The normalized spacial score (nSPS) is 10.6. The highest BCUT2D eigenvalue weighted by molar-refractivity contribution is 7.98. The van der Waals surface area contributed by atoms with Crippen molar-refractivity contribution in [1.82, 2.24) is 9.78 Å². The SMILES string of the molecule is Cc1cc(SCc2cccc(C(=N)N)c2)n(C)n1. The molecule has 0 aliphatic carbocycles. The van der Waals surface area contributed by atoms with Crippen LogP contribution in [0.4, 0.5) is 0 Å². The zero-order valence-electron chi connectivity index (χ0n) is 10.5. The number of nitrogens with zero attached hydrogens (tertiary/aromatic N) is 2. The van der Waals surface area contributed by atoms with Gasteiger partial charge < -0.3 is 5.73 Å². The van der Waals surface area contributed by atoms with E-state index in [0.29, 0.717) is 0 Å². The Labute approximate surface area is 111 Å². The molecule has 2 rings (SSSR count). The topological polar surface area (TPSA) is 67.7 Å². The van der Waals surface area contributed by atoms with Gasteiger partial charge in [0.25, 0.3) is 0 Å². The third-order valence-corrected chi connectivity index (χ3v) is 3.74. The number of aromatic nitrogens is 2. The quantitative estimate of drug-likeness (QED) is 0.503. The van der Waals surface area contributed by atoms with Gasteiger partial charge in [-0.1, -0.05) is 18.2 Å². The lowest BCUT2D eigenvalue weighted by Gasteiger charge is -2.04. The number of benzene rings is 1. The third-order valence-electron chi connectivity index (χ3n) is 2.58. The Morgan fingerprint density at radius 3 is 2.83 bits per heavy atom. The summed E-state index contributed by atoms with van der Waals surface area (Å²) in [5, 5.41) is 12.9. The molecular formula is C13H16N4S. The Kier molecular flexibility index (Phi) is 3.72. The Balaban J connectivity index is 2.08. The number of thioether (sulfide) groups is 1. The van der Waals surface area contributed by atoms with Crippen LogP contribution in [0, 0.1) is 12.3 Å². The molecule has 0 bridgehead atoms. The highest BCUT2D eigenvalue weighted by Crippen LogP contribution is 2.23. The van der Waals surface area contributed by atoms with Gasteiger partial charge in [0.15, 0.2) is 0 Å². The van der Waals surface area contributed by atoms with Crippen molar-refractivity contribution in [2.45, 2.75) is 17.7 Å². The molecule has 5 heteroatoms. The van der Waals surface area contributed by atoms with Gasteiger partial charge in [-0.2, -0.15) is 5.10 Å². The minimum Gasteiger partial charge on any atom is -0.384 e. The first-order chi connectivity index (χ1) is 8.56. The van der Waals surface area contributed by atoms with Gasteiger partial charge >= 0.3 is 0 Å². The Morgan fingerprint density at radius 2 is 2.22 bits per heavy atom. The van der Waals surface area contributed by atoms with Crippen molar-refractivity contribution in [2.75, 3.05) is 0 Å². The molecule has 0 saturated carbocycles. The monoisotopic (exact) mass is 260 g/mol. The van der Waals surface area contributed by atoms with E-state index in [4.69, 9.17) is 11.1 Å². The summed E-state index contributed by atoms with van der Waals surface area (Å²) in [4.78, 5) is 0. The summed E-state index contributed by atoms with van der Waals surface area (Å²) in [5.74, 6) is 0.957. The number of hydrogen-bond donors (Lipinski definition) is 2. The average Bonchev–Trinajstić information content (AvgIpc) is 2.65. The summed E-state index contributed by atoms with van der Waals surface area (Å²) in [6.07, 6.45) is 0. The summed E-state index contributed by atoms with van der Waals surface area (Å²) >= 11 is 1.73. The van der Waals surface area contributed by atoms with Crippen molar-refractivity contribution in [1.29, 1.82) is 5.41 Å². The summed E-state index contributed by atoms with van der Waals surface area (Å²) < 4.78 is 1.88. The maximum Gasteiger partial charge on any atom is 0.122 e. The molecule has 1 aromatic heterocycles. The maximum absolute atomic E-state index is 7.42. The van der Waals surface area contributed by atoms with E-state index < -0.39 is 0 Å². The summed E-state index contributed by atoms with van der Waals surface area (Å²) in [6.45, 7) is 1.99. The minimum atomic E-state index is 0.109. The van der Waals surface area contributed by atoms with E-state index in [1.807, 2.05) is 42.9 Å². The molecule has 0 saturated heterocycles. The van der Waals surface area contributed by atoms with E-state index in [1.165, 1.54) is 0 Å². The lowest BCUT2D eigenvalue weighted by atomic mass is 10.1. The van der Waals surface area contributed by atoms with Crippen LogP contribution in [0.25, 0.3) is 0 Å². The number of aryl methyl sites for hydroxylation is 2. The molecule has 0 spiro atoms. The molecule has 0 atom stereocenters.